The molecule has 1 fully saturated rings. The van der Waals surface area contributed by atoms with E-state index in [9.17, 15) is 14.4 Å². The molecular weight excluding hydrogens is 396 g/mol. The number of carbonyl (C=O) groups excluding carboxylic acids is 3. The van der Waals surface area contributed by atoms with E-state index in [1.165, 1.54) is 6.92 Å². The zero-order valence-corrected chi connectivity index (χ0v) is 16.0. The molecule has 2 aliphatic rings. The smallest absolute Gasteiger partial charge is 0.326 e. The average molecular weight is 413 g/mol. The summed E-state index contributed by atoms with van der Waals surface area (Å²) in [4.78, 5) is 39.1. The van der Waals surface area contributed by atoms with Gasteiger partial charge >= 0.3 is 5.97 Å². The molecule has 0 N–H and O–H groups in total. The molecule has 0 bridgehead atoms. The number of Topliss-reactive ketones (excluding diaryl/α,β-unsaturated/α-hetero) is 2. The lowest BCUT2D eigenvalue weighted by Gasteiger charge is -2.22. The molecule has 0 spiro atoms. The quantitative estimate of drug-likeness (QED) is 0.324. The maximum absolute atomic E-state index is 13.5. The summed E-state index contributed by atoms with van der Waals surface area (Å²) in [6.45, 7) is 3.24. The molecule has 2 aromatic carbocycles. The second-order valence-corrected chi connectivity index (χ2v) is 7.80. The number of ether oxygens (including phenoxy) is 1. The molecule has 0 radical (unpaired) electrons. The van der Waals surface area contributed by atoms with E-state index in [1.807, 2.05) is 19.1 Å². The van der Waals surface area contributed by atoms with Gasteiger partial charge in [-0.2, -0.15) is 0 Å². The number of carbonyl (C=O) groups is 3. The number of hydrogen-bond acceptors (Lipinski definition) is 4. The van der Waals surface area contributed by atoms with E-state index in [0.717, 1.165) is 10.0 Å². The lowest BCUT2D eigenvalue weighted by Crippen LogP contribution is -2.38. The minimum Gasteiger partial charge on any atom is -0.425 e. The highest BCUT2D eigenvalue weighted by Gasteiger charge is 2.87. The molecule has 26 heavy (non-hydrogen) atoms. The Labute approximate surface area is 159 Å². The molecular formula is C21H17BrO4. The van der Waals surface area contributed by atoms with Crippen LogP contribution in [-0.2, 0) is 9.59 Å². The fourth-order valence-electron chi connectivity index (χ4n) is 4.80. The lowest BCUT2D eigenvalue weighted by molar-refractivity contribution is -0.148. The first-order chi connectivity index (χ1) is 12.4. The predicted octanol–water partition coefficient (Wildman–Crippen LogP) is 4.32. The van der Waals surface area contributed by atoms with Crippen LogP contribution in [0.15, 0.2) is 53.0 Å². The zero-order chi connectivity index (χ0) is 18.7. The first-order valence-electron chi connectivity index (χ1n) is 8.54. The van der Waals surface area contributed by atoms with Gasteiger partial charge in [-0.25, -0.2) is 0 Å². The molecule has 2 aromatic rings. The maximum atomic E-state index is 13.5. The van der Waals surface area contributed by atoms with Crippen LogP contribution >= 0.6 is 15.9 Å². The first kappa shape index (κ1) is 17.2. The van der Waals surface area contributed by atoms with Crippen LogP contribution in [-0.4, -0.2) is 17.5 Å². The Balaban J connectivity index is 1.93. The third kappa shape index (κ3) is 1.87. The zero-order valence-electron chi connectivity index (χ0n) is 14.4. The van der Waals surface area contributed by atoms with Crippen LogP contribution in [0.3, 0.4) is 0 Å². The number of benzene rings is 2. The molecule has 1 saturated carbocycles. The molecule has 0 saturated heterocycles. The second kappa shape index (κ2) is 5.61. The van der Waals surface area contributed by atoms with E-state index in [4.69, 9.17) is 4.74 Å². The van der Waals surface area contributed by atoms with E-state index in [0.29, 0.717) is 17.7 Å². The summed E-state index contributed by atoms with van der Waals surface area (Å²) in [7, 11) is 0. The average Bonchev–Trinajstić information content (AvgIpc) is 3.29. The van der Waals surface area contributed by atoms with Gasteiger partial charge in [0.15, 0.2) is 5.78 Å². The van der Waals surface area contributed by atoms with Crippen molar-refractivity contribution in [2.75, 3.05) is 0 Å². The van der Waals surface area contributed by atoms with Crippen molar-refractivity contribution in [3.63, 3.8) is 0 Å². The van der Waals surface area contributed by atoms with Crippen LogP contribution in [0.25, 0.3) is 0 Å². The summed E-state index contributed by atoms with van der Waals surface area (Å²) in [5.74, 6) is -1.14. The van der Waals surface area contributed by atoms with Crippen molar-refractivity contribution < 1.29 is 19.1 Å². The highest BCUT2D eigenvalue weighted by Crippen LogP contribution is 2.80. The van der Waals surface area contributed by atoms with Crippen LogP contribution in [0, 0.1) is 10.8 Å². The molecule has 4 nitrogen and oxygen atoms in total. The predicted molar refractivity (Wildman–Crippen MR) is 99.1 cm³/mol. The van der Waals surface area contributed by atoms with E-state index >= 15 is 0 Å². The van der Waals surface area contributed by atoms with Gasteiger partial charge in [-0.05, 0) is 31.5 Å². The van der Waals surface area contributed by atoms with Gasteiger partial charge in [0.1, 0.15) is 16.9 Å². The van der Waals surface area contributed by atoms with Crippen LogP contribution in [0.2, 0.25) is 0 Å². The standard InChI is InChI=1S/C21H17BrO4/c1-3-20(18(24)13-8-10-14(22)11-9-13)17-15-6-4-5-7-16(15)26-19(25)21(17,20)12(2)23/h4-11,17H,3H2,1-2H3/t17-,20-,21-/m1/s1. The number of hydrogen-bond donors (Lipinski definition) is 0. The summed E-state index contributed by atoms with van der Waals surface area (Å²) in [6.07, 6.45) is 0.385. The van der Waals surface area contributed by atoms with E-state index in [1.54, 1.807) is 36.4 Å². The largest absolute Gasteiger partial charge is 0.425 e. The molecule has 0 aromatic heterocycles. The van der Waals surface area contributed by atoms with E-state index < -0.39 is 22.7 Å². The molecule has 1 heterocycles. The van der Waals surface area contributed by atoms with Crippen molar-refractivity contribution in [2.24, 2.45) is 10.8 Å². The van der Waals surface area contributed by atoms with E-state index in [-0.39, 0.29) is 11.6 Å². The van der Waals surface area contributed by atoms with E-state index in [2.05, 4.69) is 15.9 Å². The first-order valence-corrected chi connectivity index (χ1v) is 9.33. The Morgan fingerprint density at radius 2 is 1.77 bits per heavy atom. The number of para-hydroxylation sites is 1. The second-order valence-electron chi connectivity index (χ2n) is 6.89. The molecule has 132 valence electrons. The molecule has 3 atom stereocenters. The normalized spacial score (nSPS) is 28.6. The van der Waals surface area contributed by atoms with Gasteiger partial charge in [-0.1, -0.05) is 53.2 Å². The lowest BCUT2D eigenvalue weighted by atomic mass is 9.81. The Hall–Kier alpha value is -2.27. The number of ketones is 2. The van der Waals surface area contributed by atoms with Gasteiger partial charge in [0, 0.05) is 21.5 Å². The maximum Gasteiger partial charge on any atom is 0.326 e. The van der Waals surface area contributed by atoms with Gasteiger partial charge in [0.05, 0.1) is 5.41 Å². The van der Waals surface area contributed by atoms with Crippen molar-refractivity contribution in [3.8, 4) is 5.75 Å². The fourth-order valence-corrected chi connectivity index (χ4v) is 5.06. The summed E-state index contributed by atoms with van der Waals surface area (Å²) in [5, 5.41) is 0. The fraction of sp³-hybridized carbons (Fsp3) is 0.286. The minimum atomic E-state index is -1.43. The van der Waals surface area contributed by atoms with Crippen molar-refractivity contribution in [1.82, 2.24) is 0 Å². The molecule has 1 aliphatic heterocycles. The Bertz CT molecular complexity index is 949. The number of halogens is 1. The molecule has 5 heteroatoms. The van der Waals surface area contributed by atoms with Gasteiger partial charge in [0.2, 0.25) is 0 Å². The third-order valence-corrected chi connectivity index (χ3v) is 6.45. The SMILES string of the molecule is CC[C@]1(C(=O)c2ccc(Br)cc2)[C@H]2c3ccccc3OC(=O)[C@@]21C(C)=O. The van der Waals surface area contributed by atoms with Crippen molar-refractivity contribution in [2.45, 2.75) is 26.2 Å². The molecule has 4 rings (SSSR count). The van der Waals surface area contributed by atoms with Crippen molar-refractivity contribution in [3.05, 3.63) is 64.1 Å². The summed E-state index contributed by atoms with van der Waals surface area (Å²) in [5.41, 5.74) is -1.28. The Kier molecular flexibility index (Phi) is 3.70. The molecule has 0 amide bonds. The van der Waals surface area contributed by atoms with Gasteiger partial charge in [-0.3, -0.25) is 14.4 Å². The minimum absolute atomic E-state index is 0.179. The third-order valence-electron chi connectivity index (χ3n) is 5.93. The highest BCUT2D eigenvalue weighted by molar-refractivity contribution is 9.10. The summed E-state index contributed by atoms with van der Waals surface area (Å²) < 4.78 is 6.35. The molecule has 0 unspecified atom stereocenters. The number of rotatable bonds is 4. The molecule has 1 aliphatic carbocycles. The highest BCUT2D eigenvalue weighted by atomic mass is 79.9. The van der Waals surface area contributed by atoms with Crippen LogP contribution < -0.4 is 4.74 Å². The van der Waals surface area contributed by atoms with Gasteiger partial charge in [0.25, 0.3) is 0 Å². The number of esters is 1. The van der Waals surface area contributed by atoms with Crippen molar-refractivity contribution in [1.29, 1.82) is 0 Å². The van der Waals surface area contributed by atoms with Crippen molar-refractivity contribution >= 4 is 33.5 Å². The van der Waals surface area contributed by atoms with Crippen LogP contribution in [0.4, 0.5) is 0 Å². The van der Waals surface area contributed by atoms with Gasteiger partial charge in [-0.15, -0.1) is 0 Å². The van der Waals surface area contributed by atoms with Gasteiger partial charge < -0.3 is 4.74 Å². The van der Waals surface area contributed by atoms with Crippen LogP contribution in [0.1, 0.15) is 42.1 Å². The van der Waals surface area contributed by atoms with Crippen LogP contribution in [0.5, 0.6) is 5.75 Å². The topological polar surface area (TPSA) is 60.4 Å². The monoisotopic (exact) mass is 412 g/mol. The summed E-state index contributed by atoms with van der Waals surface area (Å²) in [6, 6.07) is 14.2. The Morgan fingerprint density at radius 1 is 1.12 bits per heavy atom. The summed E-state index contributed by atoms with van der Waals surface area (Å²) >= 11 is 3.36. The Morgan fingerprint density at radius 3 is 2.38 bits per heavy atom. The number of fused-ring (bicyclic) bond motifs is 3.